The fraction of sp³-hybridized carbons (Fsp3) is 0.176. The zero-order valence-corrected chi connectivity index (χ0v) is 14.5. The van der Waals surface area contributed by atoms with Gasteiger partial charge in [0.25, 0.3) is 0 Å². The van der Waals surface area contributed by atoms with Gasteiger partial charge in [-0.2, -0.15) is 4.68 Å². The van der Waals surface area contributed by atoms with Crippen LogP contribution in [0.4, 0.5) is 10.1 Å². The number of carbonyl (C=O) groups excluding carboxylic acids is 1. The molecule has 0 bridgehead atoms. The molecule has 1 aromatic heterocycles. The van der Waals surface area contributed by atoms with Crippen molar-refractivity contribution in [2.45, 2.75) is 19.0 Å². The molecular formula is C17H16FN5OS. The summed E-state index contributed by atoms with van der Waals surface area (Å²) in [5.41, 5.74) is 3.22. The van der Waals surface area contributed by atoms with E-state index in [4.69, 9.17) is 0 Å². The fourth-order valence-corrected chi connectivity index (χ4v) is 2.89. The summed E-state index contributed by atoms with van der Waals surface area (Å²) < 4.78 is 14.7. The minimum atomic E-state index is -0.331. The number of thioether (sulfide) groups is 1. The van der Waals surface area contributed by atoms with Crippen molar-refractivity contribution < 1.29 is 9.18 Å². The summed E-state index contributed by atoms with van der Waals surface area (Å²) in [5, 5.41) is 14.9. The largest absolute Gasteiger partial charge is 0.325 e. The van der Waals surface area contributed by atoms with Crippen molar-refractivity contribution in [3.8, 4) is 5.69 Å². The zero-order chi connectivity index (χ0) is 17.8. The Labute approximate surface area is 148 Å². The first kappa shape index (κ1) is 17.1. The third-order valence-electron chi connectivity index (χ3n) is 3.51. The lowest BCUT2D eigenvalue weighted by molar-refractivity contribution is -0.113. The van der Waals surface area contributed by atoms with Crippen LogP contribution in [-0.2, 0) is 4.79 Å². The molecule has 0 radical (unpaired) electrons. The number of anilines is 1. The highest BCUT2D eigenvalue weighted by atomic mass is 32.2. The molecule has 0 spiro atoms. The molecule has 0 aliphatic carbocycles. The minimum Gasteiger partial charge on any atom is -0.325 e. The molecule has 2 aromatic carbocycles. The molecule has 6 nitrogen and oxygen atoms in total. The van der Waals surface area contributed by atoms with E-state index >= 15 is 0 Å². The van der Waals surface area contributed by atoms with Crippen molar-refractivity contribution >= 4 is 23.4 Å². The van der Waals surface area contributed by atoms with Gasteiger partial charge in [0.2, 0.25) is 11.1 Å². The van der Waals surface area contributed by atoms with Crippen LogP contribution in [-0.4, -0.2) is 31.9 Å². The van der Waals surface area contributed by atoms with Gasteiger partial charge in [0.1, 0.15) is 5.82 Å². The molecule has 128 valence electrons. The standard InChI is InChI=1S/C17H16FN5OS/c1-11-3-6-14(7-4-11)23-17(20-21-22-23)25-10-16(24)19-15-8-5-13(18)9-12(15)2/h3-9H,10H2,1-2H3,(H,19,24). The number of aryl methyl sites for hydroxylation is 2. The first-order valence-corrected chi connectivity index (χ1v) is 8.56. The third-order valence-corrected chi connectivity index (χ3v) is 4.43. The number of nitrogens with one attached hydrogen (secondary N) is 1. The van der Waals surface area contributed by atoms with Gasteiger partial charge < -0.3 is 5.32 Å². The Morgan fingerprint density at radius 1 is 1.20 bits per heavy atom. The van der Waals surface area contributed by atoms with Crippen molar-refractivity contribution in [2.75, 3.05) is 11.1 Å². The van der Waals surface area contributed by atoms with Crippen molar-refractivity contribution in [1.82, 2.24) is 20.2 Å². The smallest absolute Gasteiger partial charge is 0.234 e. The highest BCUT2D eigenvalue weighted by molar-refractivity contribution is 7.99. The van der Waals surface area contributed by atoms with E-state index in [0.29, 0.717) is 16.4 Å². The lowest BCUT2D eigenvalue weighted by Gasteiger charge is -2.08. The monoisotopic (exact) mass is 357 g/mol. The molecule has 0 aliphatic rings. The molecule has 0 unspecified atom stereocenters. The molecule has 1 heterocycles. The minimum absolute atomic E-state index is 0.142. The molecule has 3 rings (SSSR count). The van der Waals surface area contributed by atoms with Gasteiger partial charge in [0.05, 0.1) is 11.4 Å². The Morgan fingerprint density at radius 2 is 1.96 bits per heavy atom. The summed E-state index contributed by atoms with van der Waals surface area (Å²) in [6, 6.07) is 12.0. The van der Waals surface area contributed by atoms with Crippen LogP contribution in [0, 0.1) is 19.7 Å². The molecule has 3 aromatic rings. The number of tetrazole rings is 1. The molecule has 0 aliphatic heterocycles. The van der Waals surface area contributed by atoms with Crippen LogP contribution < -0.4 is 5.32 Å². The Hall–Kier alpha value is -2.74. The van der Waals surface area contributed by atoms with Crippen molar-refractivity contribution in [1.29, 1.82) is 0 Å². The maximum atomic E-state index is 13.1. The number of rotatable bonds is 5. The predicted molar refractivity (Wildman–Crippen MR) is 94.4 cm³/mol. The maximum absolute atomic E-state index is 13.1. The number of hydrogen-bond acceptors (Lipinski definition) is 5. The van der Waals surface area contributed by atoms with E-state index in [1.807, 2.05) is 31.2 Å². The maximum Gasteiger partial charge on any atom is 0.234 e. The zero-order valence-electron chi connectivity index (χ0n) is 13.7. The summed E-state index contributed by atoms with van der Waals surface area (Å²) in [6.45, 7) is 3.74. The number of amides is 1. The van der Waals surface area contributed by atoms with Crippen LogP contribution in [0.15, 0.2) is 47.6 Å². The number of hydrogen-bond donors (Lipinski definition) is 1. The summed E-state index contributed by atoms with van der Waals surface area (Å²) in [6.07, 6.45) is 0. The van der Waals surface area contributed by atoms with E-state index in [2.05, 4.69) is 20.8 Å². The lowest BCUT2D eigenvalue weighted by Crippen LogP contribution is -2.15. The van der Waals surface area contributed by atoms with E-state index in [0.717, 1.165) is 11.3 Å². The molecule has 1 amide bonds. The second-order valence-electron chi connectivity index (χ2n) is 5.50. The second-order valence-corrected chi connectivity index (χ2v) is 6.45. The summed E-state index contributed by atoms with van der Waals surface area (Å²) in [4.78, 5) is 12.1. The molecular weight excluding hydrogens is 341 g/mol. The molecule has 1 N–H and O–H groups in total. The number of nitrogens with zero attached hydrogens (tertiary/aromatic N) is 4. The Kier molecular flexibility index (Phi) is 5.08. The van der Waals surface area contributed by atoms with Gasteiger partial charge in [-0.3, -0.25) is 4.79 Å². The average Bonchev–Trinajstić information content (AvgIpc) is 3.05. The van der Waals surface area contributed by atoms with Crippen LogP contribution in [0.3, 0.4) is 0 Å². The average molecular weight is 357 g/mol. The highest BCUT2D eigenvalue weighted by Crippen LogP contribution is 2.20. The molecule has 25 heavy (non-hydrogen) atoms. The number of halogens is 1. The number of benzene rings is 2. The SMILES string of the molecule is Cc1ccc(-n2nnnc2SCC(=O)Nc2ccc(F)cc2C)cc1. The number of carbonyl (C=O) groups is 1. The van der Waals surface area contributed by atoms with Gasteiger partial charge in [0, 0.05) is 5.69 Å². The Bertz CT molecular complexity index is 894. The first-order valence-electron chi connectivity index (χ1n) is 7.57. The summed E-state index contributed by atoms with van der Waals surface area (Å²) in [5.74, 6) is -0.399. The third kappa shape index (κ3) is 4.21. The summed E-state index contributed by atoms with van der Waals surface area (Å²) in [7, 11) is 0. The van der Waals surface area contributed by atoms with Crippen LogP contribution in [0.1, 0.15) is 11.1 Å². The van der Waals surface area contributed by atoms with E-state index in [9.17, 15) is 9.18 Å². The lowest BCUT2D eigenvalue weighted by atomic mass is 10.2. The molecule has 0 saturated heterocycles. The Morgan fingerprint density at radius 3 is 2.68 bits per heavy atom. The van der Waals surface area contributed by atoms with Crippen LogP contribution in [0.25, 0.3) is 5.69 Å². The van der Waals surface area contributed by atoms with Crippen molar-refractivity contribution in [3.63, 3.8) is 0 Å². The molecule has 8 heteroatoms. The van der Waals surface area contributed by atoms with Gasteiger partial charge in [-0.15, -0.1) is 5.10 Å². The summed E-state index contributed by atoms with van der Waals surface area (Å²) >= 11 is 1.23. The molecule has 0 saturated carbocycles. The van der Waals surface area contributed by atoms with Crippen molar-refractivity contribution in [3.05, 3.63) is 59.4 Å². The fourth-order valence-electron chi connectivity index (χ4n) is 2.20. The second kappa shape index (κ2) is 7.43. The van der Waals surface area contributed by atoms with E-state index in [-0.39, 0.29) is 17.5 Å². The predicted octanol–water partition coefficient (Wildman–Crippen LogP) is 3.15. The topological polar surface area (TPSA) is 72.7 Å². The normalized spacial score (nSPS) is 10.7. The van der Waals surface area contributed by atoms with Gasteiger partial charge in [-0.25, -0.2) is 4.39 Å². The molecule has 0 atom stereocenters. The quantitative estimate of drug-likeness (QED) is 0.710. The van der Waals surface area contributed by atoms with Gasteiger partial charge >= 0.3 is 0 Å². The van der Waals surface area contributed by atoms with E-state index < -0.39 is 0 Å². The van der Waals surface area contributed by atoms with E-state index in [1.165, 1.54) is 23.9 Å². The molecule has 0 fully saturated rings. The van der Waals surface area contributed by atoms with Crippen LogP contribution in [0.2, 0.25) is 0 Å². The van der Waals surface area contributed by atoms with Gasteiger partial charge in [-0.05, 0) is 60.2 Å². The first-order chi connectivity index (χ1) is 12.0. The van der Waals surface area contributed by atoms with Gasteiger partial charge in [-0.1, -0.05) is 29.5 Å². The van der Waals surface area contributed by atoms with E-state index in [1.54, 1.807) is 17.7 Å². The van der Waals surface area contributed by atoms with Gasteiger partial charge in [0.15, 0.2) is 0 Å². The van der Waals surface area contributed by atoms with Crippen LogP contribution >= 0.6 is 11.8 Å². The van der Waals surface area contributed by atoms with Crippen molar-refractivity contribution in [2.24, 2.45) is 0 Å². The highest BCUT2D eigenvalue weighted by Gasteiger charge is 2.12. The van der Waals surface area contributed by atoms with Crippen LogP contribution in [0.5, 0.6) is 0 Å². The number of aromatic nitrogens is 4. The Balaban J connectivity index is 1.65.